The summed E-state index contributed by atoms with van der Waals surface area (Å²) in [5.74, 6) is 1.02. The molecule has 0 bridgehead atoms. The maximum Gasteiger partial charge on any atom is 0.259 e. The Balaban J connectivity index is 2.22. The number of hydrogen-bond acceptors (Lipinski definition) is 3. The number of anilines is 1. The lowest BCUT2D eigenvalue weighted by molar-refractivity contribution is 0.0575. The van der Waals surface area contributed by atoms with Gasteiger partial charge in [0.2, 0.25) is 0 Å². The summed E-state index contributed by atoms with van der Waals surface area (Å²) in [5.41, 5.74) is 6.36. The van der Waals surface area contributed by atoms with E-state index in [1.54, 1.807) is 13.2 Å². The molecule has 17 heavy (non-hydrogen) atoms. The van der Waals surface area contributed by atoms with Gasteiger partial charge in [-0.25, -0.2) is 0 Å². The van der Waals surface area contributed by atoms with Crippen LogP contribution in [-0.2, 0) is 7.05 Å². The van der Waals surface area contributed by atoms with Gasteiger partial charge < -0.3 is 10.6 Å². The number of nitrogens with zero attached hydrogens (tertiary/aromatic N) is 3. The van der Waals surface area contributed by atoms with E-state index in [1.807, 2.05) is 4.90 Å². The average molecular weight is 236 g/mol. The molecule has 5 heteroatoms. The minimum atomic E-state index is 0.00894. The second-order valence-electron chi connectivity index (χ2n) is 5.06. The average Bonchev–Trinajstić information content (AvgIpc) is 2.62. The van der Waals surface area contributed by atoms with E-state index in [2.05, 4.69) is 18.9 Å². The number of nitrogens with two attached hydrogens (primary N) is 1. The molecule has 2 rings (SSSR count). The van der Waals surface area contributed by atoms with Crippen LogP contribution in [0.15, 0.2) is 6.20 Å². The van der Waals surface area contributed by atoms with E-state index in [-0.39, 0.29) is 5.91 Å². The molecule has 1 aromatic heterocycles. The second kappa shape index (κ2) is 4.39. The Bertz CT molecular complexity index is 426. The van der Waals surface area contributed by atoms with Gasteiger partial charge in [-0.1, -0.05) is 6.92 Å². The van der Waals surface area contributed by atoms with Crippen LogP contribution in [0.1, 0.15) is 37.0 Å². The van der Waals surface area contributed by atoms with Gasteiger partial charge in [-0.2, -0.15) is 5.10 Å². The zero-order valence-corrected chi connectivity index (χ0v) is 10.7. The van der Waals surface area contributed by atoms with E-state index in [4.69, 9.17) is 5.73 Å². The molecule has 2 unspecified atom stereocenters. The fourth-order valence-corrected chi connectivity index (χ4v) is 2.34. The number of carbonyl (C=O) groups excluding carboxylic acids is 1. The largest absolute Gasteiger partial charge is 0.383 e. The zero-order valence-electron chi connectivity index (χ0n) is 10.7. The molecule has 2 N–H and O–H groups in total. The molecule has 0 saturated carbocycles. The molecular weight excluding hydrogens is 216 g/mol. The molecule has 1 aliphatic rings. The highest BCUT2D eigenvalue weighted by Crippen LogP contribution is 2.24. The maximum atomic E-state index is 12.4. The van der Waals surface area contributed by atoms with E-state index in [0.717, 1.165) is 13.0 Å². The first-order valence-corrected chi connectivity index (χ1v) is 6.09. The third-order valence-corrected chi connectivity index (χ3v) is 3.59. The molecule has 1 aromatic rings. The maximum absolute atomic E-state index is 12.4. The Morgan fingerprint density at radius 2 is 2.18 bits per heavy atom. The van der Waals surface area contributed by atoms with Crippen LogP contribution in [0.3, 0.4) is 0 Å². The van der Waals surface area contributed by atoms with Crippen LogP contribution >= 0.6 is 0 Å². The number of amides is 1. The highest BCUT2D eigenvalue weighted by Gasteiger charge is 2.29. The summed E-state index contributed by atoms with van der Waals surface area (Å²) >= 11 is 0. The molecule has 0 aliphatic carbocycles. The number of hydrogen-bond donors (Lipinski definition) is 1. The highest BCUT2D eigenvalue weighted by molar-refractivity contribution is 5.98. The van der Waals surface area contributed by atoms with Crippen LogP contribution in [0.25, 0.3) is 0 Å². The number of piperidine rings is 1. The van der Waals surface area contributed by atoms with Crippen molar-refractivity contribution >= 4 is 11.7 Å². The van der Waals surface area contributed by atoms with Gasteiger partial charge in [0, 0.05) is 19.6 Å². The summed E-state index contributed by atoms with van der Waals surface area (Å²) in [6, 6.07) is 0.290. The SMILES string of the molecule is CC1CCC(C)N(C(=O)c2cnn(C)c2N)C1. The minimum absolute atomic E-state index is 0.00894. The zero-order chi connectivity index (χ0) is 12.6. The first-order valence-electron chi connectivity index (χ1n) is 6.09. The number of likely N-dealkylation sites (tertiary alicyclic amines) is 1. The molecule has 1 amide bonds. The van der Waals surface area contributed by atoms with E-state index < -0.39 is 0 Å². The van der Waals surface area contributed by atoms with Crippen LogP contribution in [0, 0.1) is 5.92 Å². The first kappa shape index (κ1) is 12.0. The Hall–Kier alpha value is -1.52. The first-order chi connectivity index (χ1) is 8.00. The number of aryl methyl sites for hydroxylation is 1. The molecule has 1 saturated heterocycles. The van der Waals surface area contributed by atoms with Crippen molar-refractivity contribution in [1.29, 1.82) is 0 Å². The molecule has 2 atom stereocenters. The number of rotatable bonds is 1. The smallest absolute Gasteiger partial charge is 0.259 e. The lowest BCUT2D eigenvalue weighted by Gasteiger charge is -2.36. The summed E-state index contributed by atoms with van der Waals surface area (Å²) < 4.78 is 1.53. The lowest BCUT2D eigenvalue weighted by Crippen LogP contribution is -2.45. The van der Waals surface area contributed by atoms with Crippen LogP contribution in [0.2, 0.25) is 0 Å². The van der Waals surface area contributed by atoms with Gasteiger partial charge in [0.25, 0.3) is 5.91 Å². The lowest BCUT2D eigenvalue weighted by atomic mass is 9.94. The summed E-state index contributed by atoms with van der Waals surface area (Å²) in [7, 11) is 1.74. The fraction of sp³-hybridized carbons (Fsp3) is 0.667. The fourth-order valence-electron chi connectivity index (χ4n) is 2.34. The van der Waals surface area contributed by atoms with Crippen molar-refractivity contribution in [3.05, 3.63) is 11.8 Å². The number of aromatic nitrogens is 2. The molecule has 1 fully saturated rings. The van der Waals surface area contributed by atoms with Crippen LogP contribution < -0.4 is 5.73 Å². The Labute approximate surface area is 102 Å². The van der Waals surface area contributed by atoms with Crippen LogP contribution in [-0.4, -0.2) is 33.2 Å². The van der Waals surface area contributed by atoms with Crippen molar-refractivity contribution in [3.8, 4) is 0 Å². The van der Waals surface area contributed by atoms with Gasteiger partial charge in [0.1, 0.15) is 11.4 Å². The minimum Gasteiger partial charge on any atom is -0.383 e. The Kier molecular flexibility index (Phi) is 3.09. The summed E-state index contributed by atoms with van der Waals surface area (Å²) in [5, 5.41) is 4.02. The van der Waals surface area contributed by atoms with Crippen molar-refractivity contribution in [2.75, 3.05) is 12.3 Å². The van der Waals surface area contributed by atoms with E-state index in [9.17, 15) is 4.79 Å². The van der Waals surface area contributed by atoms with Crippen molar-refractivity contribution in [2.24, 2.45) is 13.0 Å². The summed E-state index contributed by atoms with van der Waals surface area (Å²) in [6.45, 7) is 5.09. The van der Waals surface area contributed by atoms with Crippen molar-refractivity contribution in [3.63, 3.8) is 0 Å². The predicted molar refractivity (Wildman–Crippen MR) is 66.5 cm³/mol. The van der Waals surface area contributed by atoms with Gasteiger partial charge in [-0.05, 0) is 25.7 Å². The monoisotopic (exact) mass is 236 g/mol. The molecule has 1 aliphatic heterocycles. The van der Waals surface area contributed by atoms with Crippen molar-refractivity contribution in [1.82, 2.24) is 14.7 Å². The second-order valence-corrected chi connectivity index (χ2v) is 5.06. The molecule has 94 valence electrons. The van der Waals surface area contributed by atoms with Gasteiger partial charge in [0.05, 0.1) is 6.20 Å². The van der Waals surface area contributed by atoms with Crippen LogP contribution in [0.4, 0.5) is 5.82 Å². The molecule has 0 aromatic carbocycles. The quantitative estimate of drug-likeness (QED) is 0.798. The van der Waals surface area contributed by atoms with Crippen molar-refractivity contribution < 1.29 is 4.79 Å². The molecule has 0 spiro atoms. The van der Waals surface area contributed by atoms with Crippen molar-refractivity contribution in [2.45, 2.75) is 32.7 Å². The third kappa shape index (κ3) is 2.14. The standard InChI is InChI=1S/C12H20N4O/c1-8-4-5-9(2)16(7-8)12(17)10-6-14-15(3)11(10)13/h6,8-9H,4-5,7,13H2,1-3H3. The number of carbonyl (C=O) groups is 1. The predicted octanol–water partition coefficient (Wildman–Crippen LogP) is 1.26. The topological polar surface area (TPSA) is 64.2 Å². The normalized spacial score (nSPS) is 25.0. The van der Waals surface area contributed by atoms with E-state index in [1.165, 1.54) is 11.1 Å². The Morgan fingerprint density at radius 1 is 1.47 bits per heavy atom. The van der Waals surface area contributed by atoms with E-state index >= 15 is 0 Å². The summed E-state index contributed by atoms with van der Waals surface area (Å²) in [4.78, 5) is 14.3. The molecule has 0 radical (unpaired) electrons. The molecule has 2 heterocycles. The van der Waals surface area contributed by atoms with Crippen LogP contribution in [0.5, 0.6) is 0 Å². The third-order valence-electron chi connectivity index (χ3n) is 3.59. The van der Waals surface area contributed by atoms with Gasteiger partial charge in [0.15, 0.2) is 0 Å². The highest BCUT2D eigenvalue weighted by atomic mass is 16.2. The summed E-state index contributed by atoms with van der Waals surface area (Å²) in [6.07, 6.45) is 3.81. The van der Waals surface area contributed by atoms with E-state index in [0.29, 0.717) is 23.3 Å². The van der Waals surface area contributed by atoms with Gasteiger partial charge >= 0.3 is 0 Å². The van der Waals surface area contributed by atoms with Gasteiger partial charge in [-0.3, -0.25) is 9.48 Å². The molecule has 5 nitrogen and oxygen atoms in total. The number of nitrogen functional groups attached to an aromatic ring is 1. The Morgan fingerprint density at radius 3 is 2.76 bits per heavy atom. The molecular formula is C12H20N4O. The van der Waals surface area contributed by atoms with Gasteiger partial charge in [-0.15, -0.1) is 0 Å².